The van der Waals surface area contributed by atoms with Gasteiger partial charge in [0.2, 0.25) is 10.0 Å². The molecule has 140 valence electrons. The van der Waals surface area contributed by atoms with Crippen LogP contribution in [-0.4, -0.2) is 14.2 Å². The van der Waals surface area contributed by atoms with E-state index in [2.05, 4.69) is 10.0 Å². The highest BCUT2D eigenvalue weighted by atomic mass is 32.2. The highest BCUT2D eigenvalue weighted by Crippen LogP contribution is 2.17. The predicted octanol–water partition coefficient (Wildman–Crippen LogP) is 4.42. The van der Waals surface area contributed by atoms with Crippen LogP contribution < -0.4 is 10.0 Å². The maximum atomic E-state index is 13.6. The quantitative estimate of drug-likeness (QED) is 0.604. The highest BCUT2D eigenvalue weighted by molar-refractivity contribution is 7.92. The van der Waals surface area contributed by atoms with Crippen LogP contribution in [0.25, 0.3) is 0 Å². The van der Waals surface area contributed by atoms with E-state index in [1.165, 1.54) is 6.07 Å². The number of rotatable bonds is 8. The van der Waals surface area contributed by atoms with Gasteiger partial charge in [0.15, 0.2) is 0 Å². The molecular formula is C21H21FN2O2S. The van der Waals surface area contributed by atoms with Gasteiger partial charge < -0.3 is 5.32 Å². The smallest absolute Gasteiger partial charge is 0.233 e. The number of benzene rings is 3. The number of aryl methyl sites for hydroxylation is 1. The maximum Gasteiger partial charge on any atom is 0.233 e. The van der Waals surface area contributed by atoms with Crippen LogP contribution in [0.3, 0.4) is 0 Å². The van der Waals surface area contributed by atoms with Gasteiger partial charge in [-0.05, 0) is 42.3 Å². The first kappa shape index (κ1) is 18.9. The number of anilines is 2. The van der Waals surface area contributed by atoms with Crippen molar-refractivity contribution in [2.24, 2.45) is 0 Å². The lowest BCUT2D eigenvalue weighted by Gasteiger charge is -2.10. The Morgan fingerprint density at radius 2 is 1.41 bits per heavy atom. The molecular weight excluding hydrogens is 363 g/mol. The summed E-state index contributed by atoms with van der Waals surface area (Å²) in [5, 5.41) is 3.12. The van der Waals surface area contributed by atoms with E-state index in [0.29, 0.717) is 24.2 Å². The van der Waals surface area contributed by atoms with Crippen molar-refractivity contribution in [2.45, 2.75) is 13.0 Å². The maximum absolute atomic E-state index is 13.6. The van der Waals surface area contributed by atoms with E-state index in [-0.39, 0.29) is 11.6 Å². The Morgan fingerprint density at radius 1 is 0.778 bits per heavy atom. The van der Waals surface area contributed by atoms with E-state index < -0.39 is 10.0 Å². The molecule has 0 atom stereocenters. The molecule has 0 saturated heterocycles. The molecule has 3 rings (SSSR count). The summed E-state index contributed by atoms with van der Waals surface area (Å²) in [7, 11) is -3.43. The summed E-state index contributed by atoms with van der Waals surface area (Å²) in [6, 6.07) is 23.0. The summed E-state index contributed by atoms with van der Waals surface area (Å²) in [5.74, 6) is -0.239. The van der Waals surface area contributed by atoms with Gasteiger partial charge in [-0.3, -0.25) is 4.72 Å². The molecule has 0 spiro atoms. The molecule has 0 heterocycles. The fourth-order valence-corrected chi connectivity index (χ4v) is 3.72. The third-order valence-corrected chi connectivity index (χ3v) is 5.39. The summed E-state index contributed by atoms with van der Waals surface area (Å²) in [4.78, 5) is 0. The van der Waals surface area contributed by atoms with Crippen LogP contribution in [0, 0.1) is 5.82 Å². The highest BCUT2D eigenvalue weighted by Gasteiger charge is 2.10. The van der Waals surface area contributed by atoms with Crippen molar-refractivity contribution in [3.8, 4) is 0 Å². The fourth-order valence-electron chi connectivity index (χ4n) is 2.62. The van der Waals surface area contributed by atoms with Crippen molar-refractivity contribution in [1.29, 1.82) is 0 Å². The minimum absolute atomic E-state index is 0.0182. The molecule has 0 fully saturated rings. The average Bonchev–Trinajstić information content (AvgIpc) is 2.68. The first-order valence-corrected chi connectivity index (χ1v) is 10.3. The normalized spacial score (nSPS) is 11.1. The number of hydrogen-bond donors (Lipinski definition) is 2. The molecule has 4 nitrogen and oxygen atoms in total. The van der Waals surface area contributed by atoms with Crippen molar-refractivity contribution in [3.63, 3.8) is 0 Å². The van der Waals surface area contributed by atoms with Crippen LogP contribution in [0.15, 0.2) is 78.9 Å². The lowest BCUT2D eigenvalue weighted by atomic mass is 10.2. The Balaban J connectivity index is 1.54. The average molecular weight is 384 g/mol. The summed E-state index contributed by atoms with van der Waals surface area (Å²) in [6.07, 6.45) is 0.457. The summed E-state index contributed by atoms with van der Waals surface area (Å²) in [6.45, 7) is 0.356. The lowest BCUT2D eigenvalue weighted by molar-refractivity contribution is 0.600. The third kappa shape index (κ3) is 5.82. The van der Waals surface area contributed by atoms with E-state index in [1.807, 2.05) is 30.3 Å². The Hall–Kier alpha value is -2.86. The van der Waals surface area contributed by atoms with E-state index in [0.717, 1.165) is 11.3 Å². The number of halogens is 1. The van der Waals surface area contributed by atoms with Crippen molar-refractivity contribution < 1.29 is 12.8 Å². The Labute approximate surface area is 159 Å². The number of nitrogens with one attached hydrogen (secondary N) is 2. The second-order valence-corrected chi connectivity index (χ2v) is 8.02. The van der Waals surface area contributed by atoms with Crippen LogP contribution in [0.1, 0.15) is 11.1 Å². The monoisotopic (exact) mass is 384 g/mol. The van der Waals surface area contributed by atoms with Crippen molar-refractivity contribution in [2.75, 3.05) is 15.8 Å². The molecule has 0 aliphatic rings. The number of hydrogen-bond acceptors (Lipinski definition) is 3. The minimum Gasteiger partial charge on any atom is -0.381 e. The van der Waals surface area contributed by atoms with Gasteiger partial charge >= 0.3 is 0 Å². The largest absolute Gasteiger partial charge is 0.381 e. The molecule has 0 aliphatic carbocycles. The first-order valence-electron chi connectivity index (χ1n) is 8.64. The minimum atomic E-state index is -3.43. The van der Waals surface area contributed by atoms with Gasteiger partial charge in [-0.1, -0.05) is 48.5 Å². The summed E-state index contributed by atoms with van der Waals surface area (Å²) in [5.41, 5.74) is 2.84. The molecule has 0 aliphatic heterocycles. The molecule has 3 aromatic carbocycles. The third-order valence-electron chi connectivity index (χ3n) is 4.10. The van der Waals surface area contributed by atoms with Gasteiger partial charge in [0.1, 0.15) is 5.82 Å². The Morgan fingerprint density at radius 3 is 2.11 bits per heavy atom. The molecule has 3 aromatic rings. The zero-order valence-electron chi connectivity index (χ0n) is 14.7. The fraction of sp³-hybridized carbons (Fsp3) is 0.143. The second kappa shape index (κ2) is 8.68. The van der Waals surface area contributed by atoms with E-state index in [4.69, 9.17) is 0 Å². The topological polar surface area (TPSA) is 58.2 Å². The van der Waals surface area contributed by atoms with Gasteiger partial charge in [0, 0.05) is 23.5 Å². The lowest BCUT2D eigenvalue weighted by Crippen LogP contribution is -2.18. The predicted molar refractivity (Wildman–Crippen MR) is 108 cm³/mol. The van der Waals surface area contributed by atoms with Crippen LogP contribution in [0.2, 0.25) is 0 Å². The molecule has 0 radical (unpaired) electrons. The van der Waals surface area contributed by atoms with Crippen molar-refractivity contribution >= 4 is 21.4 Å². The molecule has 0 aromatic heterocycles. The van der Waals surface area contributed by atoms with Crippen LogP contribution in [0.5, 0.6) is 0 Å². The Bertz CT molecular complexity index is 975. The zero-order valence-corrected chi connectivity index (χ0v) is 15.5. The van der Waals surface area contributed by atoms with Gasteiger partial charge in [0.05, 0.1) is 5.75 Å². The van der Waals surface area contributed by atoms with E-state index >= 15 is 0 Å². The van der Waals surface area contributed by atoms with E-state index in [9.17, 15) is 12.8 Å². The van der Waals surface area contributed by atoms with Crippen LogP contribution >= 0.6 is 0 Å². The SMILES string of the molecule is O=S(=O)(CCc1ccccc1)Nc1ccc(NCc2ccccc2F)cc1. The molecule has 0 amide bonds. The summed E-state index contributed by atoms with van der Waals surface area (Å²) >= 11 is 0. The molecule has 0 unspecified atom stereocenters. The molecule has 27 heavy (non-hydrogen) atoms. The van der Waals surface area contributed by atoms with Gasteiger partial charge in [-0.25, -0.2) is 12.8 Å². The molecule has 2 N–H and O–H groups in total. The van der Waals surface area contributed by atoms with Crippen LogP contribution in [-0.2, 0) is 23.0 Å². The van der Waals surface area contributed by atoms with Crippen LogP contribution in [0.4, 0.5) is 15.8 Å². The Kier molecular flexibility index (Phi) is 6.08. The zero-order chi connectivity index (χ0) is 19.1. The molecule has 6 heteroatoms. The summed E-state index contributed by atoms with van der Waals surface area (Å²) < 4.78 is 40.7. The number of sulfonamides is 1. The second-order valence-electron chi connectivity index (χ2n) is 6.18. The van der Waals surface area contributed by atoms with Gasteiger partial charge in [-0.15, -0.1) is 0 Å². The van der Waals surface area contributed by atoms with Gasteiger partial charge in [0.25, 0.3) is 0 Å². The van der Waals surface area contributed by atoms with Gasteiger partial charge in [-0.2, -0.15) is 0 Å². The van der Waals surface area contributed by atoms with E-state index in [1.54, 1.807) is 42.5 Å². The first-order chi connectivity index (χ1) is 13.0. The molecule has 0 saturated carbocycles. The standard InChI is InChI=1S/C21H21FN2O2S/c22-21-9-5-4-8-18(21)16-23-19-10-12-20(13-11-19)24-27(25,26)15-14-17-6-2-1-3-7-17/h1-13,23-24H,14-16H2. The van der Waals surface area contributed by atoms with Crippen molar-refractivity contribution in [3.05, 3.63) is 95.8 Å². The van der Waals surface area contributed by atoms with Crippen molar-refractivity contribution in [1.82, 2.24) is 0 Å². The molecule has 0 bridgehead atoms.